The van der Waals surface area contributed by atoms with E-state index in [4.69, 9.17) is 16.9 Å². The lowest BCUT2D eigenvalue weighted by atomic mass is 10.2. The fourth-order valence-corrected chi connectivity index (χ4v) is 1.87. The molecular weight excluding hydrogens is 300 g/mol. The quantitative estimate of drug-likeness (QED) is 0.871. The second-order valence-electron chi connectivity index (χ2n) is 3.44. The van der Waals surface area contributed by atoms with Gasteiger partial charge in [-0.15, -0.1) is 0 Å². The standard InChI is InChI=1S/C13H8BrClN2/c14-10-2-5-11(6-3-10)17-12-4-1-9(8-16)13(15)7-12/h1-7,17H. The maximum absolute atomic E-state index is 8.77. The zero-order valence-electron chi connectivity index (χ0n) is 8.74. The molecule has 2 aromatic carbocycles. The Kier molecular flexibility index (Phi) is 3.68. The smallest absolute Gasteiger partial charge is 0.101 e. The predicted octanol–water partition coefficient (Wildman–Crippen LogP) is 4.72. The fourth-order valence-electron chi connectivity index (χ4n) is 1.38. The van der Waals surface area contributed by atoms with Gasteiger partial charge in [-0.05, 0) is 42.5 Å². The molecule has 0 saturated heterocycles. The van der Waals surface area contributed by atoms with Gasteiger partial charge in [-0.1, -0.05) is 27.5 Å². The number of nitriles is 1. The second kappa shape index (κ2) is 5.22. The van der Waals surface area contributed by atoms with Gasteiger partial charge < -0.3 is 5.32 Å². The van der Waals surface area contributed by atoms with Crippen molar-refractivity contribution in [2.75, 3.05) is 5.32 Å². The van der Waals surface area contributed by atoms with Crippen LogP contribution in [0.15, 0.2) is 46.9 Å². The summed E-state index contributed by atoms with van der Waals surface area (Å²) in [7, 11) is 0. The number of hydrogen-bond donors (Lipinski definition) is 1. The third kappa shape index (κ3) is 3.00. The molecule has 0 saturated carbocycles. The largest absolute Gasteiger partial charge is 0.355 e. The summed E-state index contributed by atoms with van der Waals surface area (Å²) in [6.07, 6.45) is 0. The Morgan fingerprint density at radius 3 is 2.29 bits per heavy atom. The van der Waals surface area contributed by atoms with Crippen molar-refractivity contribution >= 4 is 38.9 Å². The Bertz CT molecular complexity index is 573. The molecule has 0 unspecified atom stereocenters. The van der Waals surface area contributed by atoms with Gasteiger partial charge in [0.05, 0.1) is 10.6 Å². The van der Waals surface area contributed by atoms with E-state index in [-0.39, 0.29) is 0 Å². The van der Waals surface area contributed by atoms with E-state index in [0.717, 1.165) is 15.8 Å². The number of nitrogens with zero attached hydrogens (tertiary/aromatic N) is 1. The molecule has 2 aromatic rings. The fraction of sp³-hybridized carbons (Fsp3) is 0. The first-order chi connectivity index (χ1) is 8.19. The van der Waals surface area contributed by atoms with Gasteiger partial charge in [-0.25, -0.2) is 0 Å². The van der Waals surface area contributed by atoms with Crippen LogP contribution in [0.2, 0.25) is 5.02 Å². The zero-order chi connectivity index (χ0) is 12.3. The van der Waals surface area contributed by atoms with Crippen LogP contribution in [0.1, 0.15) is 5.56 Å². The molecule has 0 aliphatic heterocycles. The summed E-state index contributed by atoms with van der Waals surface area (Å²) in [5.74, 6) is 0. The van der Waals surface area contributed by atoms with Gasteiger partial charge in [0, 0.05) is 15.8 Å². The number of anilines is 2. The van der Waals surface area contributed by atoms with Crippen LogP contribution in [0.3, 0.4) is 0 Å². The highest BCUT2D eigenvalue weighted by atomic mass is 79.9. The van der Waals surface area contributed by atoms with Crippen LogP contribution in [-0.2, 0) is 0 Å². The zero-order valence-corrected chi connectivity index (χ0v) is 11.1. The molecule has 0 radical (unpaired) electrons. The van der Waals surface area contributed by atoms with E-state index in [1.54, 1.807) is 12.1 Å². The number of benzene rings is 2. The molecule has 2 rings (SSSR count). The second-order valence-corrected chi connectivity index (χ2v) is 4.76. The van der Waals surface area contributed by atoms with E-state index in [9.17, 15) is 0 Å². The van der Waals surface area contributed by atoms with Crippen molar-refractivity contribution in [2.24, 2.45) is 0 Å². The highest BCUT2D eigenvalue weighted by Gasteiger charge is 2.01. The lowest BCUT2D eigenvalue weighted by molar-refractivity contribution is 1.47. The first kappa shape index (κ1) is 12.0. The van der Waals surface area contributed by atoms with Crippen LogP contribution in [0.4, 0.5) is 11.4 Å². The molecular formula is C13H8BrClN2. The van der Waals surface area contributed by atoms with Crippen molar-refractivity contribution in [3.8, 4) is 6.07 Å². The molecule has 0 aliphatic rings. The van der Waals surface area contributed by atoms with Crippen LogP contribution in [0, 0.1) is 11.3 Å². The summed E-state index contributed by atoms with van der Waals surface area (Å²) in [6.45, 7) is 0. The van der Waals surface area contributed by atoms with Crippen molar-refractivity contribution in [1.29, 1.82) is 5.26 Å². The highest BCUT2D eigenvalue weighted by molar-refractivity contribution is 9.10. The molecule has 1 N–H and O–H groups in total. The van der Waals surface area contributed by atoms with E-state index in [2.05, 4.69) is 21.2 Å². The normalized spacial score (nSPS) is 9.71. The number of nitrogens with one attached hydrogen (secondary N) is 1. The molecule has 0 heterocycles. The molecule has 2 nitrogen and oxygen atoms in total. The molecule has 0 aliphatic carbocycles. The first-order valence-corrected chi connectivity index (χ1v) is 6.08. The maximum atomic E-state index is 8.77. The van der Waals surface area contributed by atoms with E-state index in [1.165, 1.54) is 0 Å². The van der Waals surface area contributed by atoms with Crippen molar-refractivity contribution in [3.63, 3.8) is 0 Å². The third-order valence-corrected chi connectivity index (χ3v) is 3.06. The average molecular weight is 308 g/mol. The van der Waals surface area contributed by atoms with Crippen LogP contribution in [0.5, 0.6) is 0 Å². The Hall–Kier alpha value is -1.50. The van der Waals surface area contributed by atoms with Crippen LogP contribution >= 0.6 is 27.5 Å². The van der Waals surface area contributed by atoms with Crippen molar-refractivity contribution in [1.82, 2.24) is 0 Å². The van der Waals surface area contributed by atoms with Crippen LogP contribution in [0.25, 0.3) is 0 Å². The summed E-state index contributed by atoms with van der Waals surface area (Å²) in [4.78, 5) is 0. The van der Waals surface area contributed by atoms with Crippen molar-refractivity contribution in [3.05, 3.63) is 57.5 Å². The minimum Gasteiger partial charge on any atom is -0.355 e. The van der Waals surface area contributed by atoms with Crippen molar-refractivity contribution in [2.45, 2.75) is 0 Å². The van der Waals surface area contributed by atoms with Gasteiger partial charge in [0.2, 0.25) is 0 Å². The molecule has 17 heavy (non-hydrogen) atoms. The third-order valence-electron chi connectivity index (χ3n) is 2.22. The molecule has 0 atom stereocenters. The van der Waals surface area contributed by atoms with E-state index in [0.29, 0.717) is 10.6 Å². The summed E-state index contributed by atoms with van der Waals surface area (Å²) in [6, 6.07) is 15.1. The maximum Gasteiger partial charge on any atom is 0.101 e. The first-order valence-electron chi connectivity index (χ1n) is 4.91. The van der Waals surface area contributed by atoms with E-state index < -0.39 is 0 Å². The lowest BCUT2D eigenvalue weighted by Gasteiger charge is -2.07. The summed E-state index contributed by atoms with van der Waals surface area (Å²) < 4.78 is 1.03. The van der Waals surface area contributed by atoms with E-state index >= 15 is 0 Å². The number of halogens is 2. The molecule has 0 aromatic heterocycles. The monoisotopic (exact) mass is 306 g/mol. The molecule has 0 fully saturated rings. The van der Waals surface area contributed by atoms with Gasteiger partial charge in [0.15, 0.2) is 0 Å². The van der Waals surface area contributed by atoms with Gasteiger partial charge in [0.1, 0.15) is 6.07 Å². The Labute approximate surface area is 113 Å². The Balaban J connectivity index is 2.22. The number of hydrogen-bond acceptors (Lipinski definition) is 2. The number of rotatable bonds is 2. The summed E-state index contributed by atoms with van der Waals surface area (Å²) >= 11 is 9.33. The summed E-state index contributed by atoms with van der Waals surface area (Å²) in [5, 5.41) is 12.4. The SMILES string of the molecule is N#Cc1ccc(Nc2ccc(Br)cc2)cc1Cl. The van der Waals surface area contributed by atoms with Crippen LogP contribution < -0.4 is 5.32 Å². The van der Waals surface area contributed by atoms with Crippen LogP contribution in [-0.4, -0.2) is 0 Å². The molecule has 84 valence electrons. The Morgan fingerprint density at radius 2 is 1.71 bits per heavy atom. The van der Waals surface area contributed by atoms with Gasteiger partial charge in [-0.2, -0.15) is 5.26 Å². The molecule has 0 bridgehead atoms. The molecule has 0 spiro atoms. The van der Waals surface area contributed by atoms with Gasteiger partial charge >= 0.3 is 0 Å². The minimum atomic E-state index is 0.453. The topological polar surface area (TPSA) is 35.8 Å². The molecule has 4 heteroatoms. The minimum absolute atomic E-state index is 0.453. The van der Waals surface area contributed by atoms with E-state index in [1.807, 2.05) is 36.4 Å². The molecule has 0 amide bonds. The van der Waals surface area contributed by atoms with Crippen molar-refractivity contribution < 1.29 is 0 Å². The summed E-state index contributed by atoms with van der Waals surface area (Å²) in [5.41, 5.74) is 2.30. The highest BCUT2D eigenvalue weighted by Crippen LogP contribution is 2.24. The Morgan fingerprint density at radius 1 is 1.06 bits per heavy atom. The lowest BCUT2D eigenvalue weighted by Crippen LogP contribution is -1.90. The van der Waals surface area contributed by atoms with Gasteiger partial charge in [-0.3, -0.25) is 0 Å². The average Bonchev–Trinajstić information content (AvgIpc) is 2.32. The predicted molar refractivity (Wildman–Crippen MR) is 73.6 cm³/mol. The van der Waals surface area contributed by atoms with Gasteiger partial charge in [0.25, 0.3) is 0 Å².